The lowest BCUT2D eigenvalue weighted by Crippen LogP contribution is -2.46. The van der Waals surface area contributed by atoms with E-state index in [1.807, 2.05) is 0 Å². The highest BCUT2D eigenvalue weighted by molar-refractivity contribution is 5.18. The monoisotopic (exact) mass is 222 g/mol. The average Bonchev–Trinajstić information content (AvgIpc) is 2.49. The summed E-state index contributed by atoms with van der Waals surface area (Å²) in [7, 11) is 2.05. The molecule has 5 heteroatoms. The van der Waals surface area contributed by atoms with Crippen LogP contribution < -0.4 is 10.1 Å². The fourth-order valence-corrected chi connectivity index (χ4v) is 1.62. The fraction of sp³-hybridized carbons (Fsp3) is 0.636. The van der Waals surface area contributed by atoms with E-state index in [-0.39, 0.29) is 6.23 Å². The van der Waals surface area contributed by atoms with Crippen molar-refractivity contribution in [2.75, 3.05) is 13.6 Å². The number of nitrogens with zero attached hydrogens (tertiary/aromatic N) is 3. The summed E-state index contributed by atoms with van der Waals surface area (Å²) in [5.41, 5.74) is 0.877. The topological polar surface area (TPSA) is 50.3 Å². The van der Waals surface area contributed by atoms with E-state index < -0.39 is 0 Å². The van der Waals surface area contributed by atoms with Crippen LogP contribution in [-0.4, -0.2) is 40.7 Å². The molecule has 0 saturated carbocycles. The molecular formula is C11H18N4O. The summed E-state index contributed by atoms with van der Waals surface area (Å²) in [6.07, 6.45) is 3.37. The maximum Gasteiger partial charge on any atom is 0.238 e. The predicted molar refractivity (Wildman–Crippen MR) is 61.1 cm³/mol. The van der Waals surface area contributed by atoms with E-state index in [0.717, 1.165) is 12.2 Å². The molecule has 1 aromatic rings. The third-order valence-electron chi connectivity index (χ3n) is 2.86. The number of fused-ring (bicyclic) bond motifs is 1. The molecule has 0 bridgehead atoms. The van der Waals surface area contributed by atoms with E-state index >= 15 is 0 Å². The summed E-state index contributed by atoms with van der Waals surface area (Å²) in [4.78, 5) is 10.6. The van der Waals surface area contributed by atoms with Gasteiger partial charge in [0.2, 0.25) is 5.88 Å². The Morgan fingerprint density at radius 3 is 2.94 bits per heavy atom. The number of nitrogens with one attached hydrogen (secondary N) is 1. The van der Waals surface area contributed by atoms with Crippen LogP contribution in [0.1, 0.15) is 19.5 Å². The molecule has 2 rings (SSSR count). The second-order valence-corrected chi connectivity index (χ2v) is 4.27. The maximum atomic E-state index is 5.87. The van der Waals surface area contributed by atoms with Crippen molar-refractivity contribution < 1.29 is 4.74 Å². The largest absolute Gasteiger partial charge is 0.456 e. The molecule has 0 amide bonds. The third kappa shape index (κ3) is 2.31. The molecule has 2 heterocycles. The van der Waals surface area contributed by atoms with Crippen molar-refractivity contribution in [1.29, 1.82) is 0 Å². The maximum absolute atomic E-state index is 5.87. The first-order valence-corrected chi connectivity index (χ1v) is 5.57. The summed E-state index contributed by atoms with van der Waals surface area (Å²) in [6, 6.07) is 0.435. The van der Waals surface area contributed by atoms with Gasteiger partial charge in [0.15, 0.2) is 6.23 Å². The Morgan fingerprint density at radius 2 is 2.19 bits per heavy atom. The van der Waals surface area contributed by atoms with E-state index in [1.165, 1.54) is 0 Å². The van der Waals surface area contributed by atoms with Gasteiger partial charge in [0, 0.05) is 31.5 Å². The van der Waals surface area contributed by atoms with Crippen molar-refractivity contribution >= 4 is 0 Å². The van der Waals surface area contributed by atoms with Gasteiger partial charge in [-0.25, -0.2) is 4.98 Å². The van der Waals surface area contributed by atoms with Crippen molar-refractivity contribution in [3.05, 3.63) is 18.1 Å². The first-order chi connectivity index (χ1) is 7.68. The zero-order valence-electron chi connectivity index (χ0n) is 9.97. The van der Waals surface area contributed by atoms with Crippen molar-refractivity contribution in [3.63, 3.8) is 0 Å². The highest BCUT2D eigenvalue weighted by Crippen LogP contribution is 2.17. The Bertz CT molecular complexity index is 356. The molecule has 1 atom stereocenters. The van der Waals surface area contributed by atoms with Gasteiger partial charge in [0.1, 0.15) is 5.69 Å². The quantitative estimate of drug-likeness (QED) is 0.795. The van der Waals surface area contributed by atoms with Crippen molar-refractivity contribution in [2.24, 2.45) is 0 Å². The Hall–Kier alpha value is -1.20. The number of hydrogen-bond donors (Lipinski definition) is 1. The van der Waals surface area contributed by atoms with Crippen molar-refractivity contribution in [1.82, 2.24) is 20.2 Å². The van der Waals surface area contributed by atoms with Crippen LogP contribution in [-0.2, 0) is 6.54 Å². The first kappa shape index (κ1) is 11.3. The van der Waals surface area contributed by atoms with Gasteiger partial charge in [-0.3, -0.25) is 9.88 Å². The van der Waals surface area contributed by atoms with Crippen LogP contribution in [0.5, 0.6) is 5.88 Å². The van der Waals surface area contributed by atoms with Crippen LogP contribution in [0.25, 0.3) is 0 Å². The van der Waals surface area contributed by atoms with Crippen molar-refractivity contribution in [3.8, 4) is 5.88 Å². The van der Waals surface area contributed by atoms with Crippen LogP contribution in [0.2, 0.25) is 0 Å². The molecule has 1 N–H and O–H groups in total. The summed E-state index contributed by atoms with van der Waals surface area (Å²) in [5, 5.41) is 3.32. The Labute approximate surface area is 95.8 Å². The molecule has 0 saturated heterocycles. The van der Waals surface area contributed by atoms with E-state index in [9.17, 15) is 0 Å². The van der Waals surface area contributed by atoms with E-state index in [0.29, 0.717) is 18.5 Å². The lowest BCUT2D eigenvalue weighted by molar-refractivity contribution is 0.0252. The highest BCUT2D eigenvalue weighted by atomic mass is 16.5. The zero-order valence-corrected chi connectivity index (χ0v) is 9.97. The lowest BCUT2D eigenvalue weighted by Gasteiger charge is -2.29. The summed E-state index contributed by atoms with van der Waals surface area (Å²) >= 11 is 0. The minimum absolute atomic E-state index is 0.0120. The number of aromatic nitrogens is 2. The van der Waals surface area contributed by atoms with Crippen LogP contribution in [0, 0.1) is 0 Å². The minimum Gasteiger partial charge on any atom is -0.456 e. The first-order valence-electron chi connectivity index (χ1n) is 5.57. The Morgan fingerprint density at radius 1 is 1.44 bits per heavy atom. The summed E-state index contributed by atoms with van der Waals surface area (Å²) < 4.78 is 5.87. The normalized spacial score (nSPS) is 20.4. The van der Waals surface area contributed by atoms with Gasteiger partial charge in [0.05, 0.1) is 0 Å². The van der Waals surface area contributed by atoms with Gasteiger partial charge in [0.25, 0.3) is 0 Å². The van der Waals surface area contributed by atoms with Gasteiger partial charge in [-0.1, -0.05) is 0 Å². The number of rotatable bonds is 2. The SMILES string of the molecule is CC(C)N(C)C1CNCc2nccnc2O1. The number of ether oxygens (including phenoxy) is 1. The fourth-order valence-electron chi connectivity index (χ4n) is 1.62. The molecule has 0 spiro atoms. The van der Waals surface area contributed by atoms with Crippen LogP contribution in [0.15, 0.2) is 12.4 Å². The highest BCUT2D eigenvalue weighted by Gasteiger charge is 2.23. The van der Waals surface area contributed by atoms with Gasteiger partial charge in [-0.15, -0.1) is 0 Å². The molecule has 0 radical (unpaired) electrons. The minimum atomic E-state index is 0.0120. The zero-order chi connectivity index (χ0) is 11.5. The van der Waals surface area contributed by atoms with Gasteiger partial charge in [-0.05, 0) is 20.9 Å². The molecule has 0 aliphatic carbocycles. The second kappa shape index (κ2) is 4.76. The second-order valence-electron chi connectivity index (χ2n) is 4.27. The smallest absolute Gasteiger partial charge is 0.238 e. The molecule has 0 fully saturated rings. The molecule has 0 aromatic carbocycles. The Kier molecular flexibility index (Phi) is 3.36. The molecule has 5 nitrogen and oxygen atoms in total. The molecule has 88 valence electrons. The molecule has 1 aliphatic heterocycles. The molecule has 1 aromatic heterocycles. The molecule has 1 aliphatic rings. The lowest BCUT2D eigenvalue weighted by atomic mass is 10.3. The molecular weight excluding hydrogens is 204 g/mol. The van der Waals surface area contributed by atoms with E-state index in [4.69, 9.17) is 4.74 Å². The van der Waals surface area contributed by atoms with E-state index in [2.05, 4.69) is 41.1 Å². The number of hydrogen-bond acceptors (Lipinski definition) is 5. The predicted octanol–water partition coefficient (Wildman–Crippen LogP) is 0.625. The van der Waals surface area contributed by atoms with Gasteiger partial charge < -0.3 is 10.1 Å². The molecule has 1 unspecified atom stereocenters. The van der Waals surface area contributed by atoms with E-state index in [1.54, 1.807) is 12.4 Å². The van der Waals surface area contributed by atoms with Gasteiger partial charge >= 0.3 is 0 Å². The number of likely N-dealkylation sites (N-methyl/N-ethyl adjacent to an activating group) is 1. The van der Waals surface area contributed by atoms with Crippen LogP contribution in [0.4, 0.5) is 0 Å². The van der Waals surface area contributed by atoms with Gasteiger partial charge in [-0.2, -0.15) is 0 Å². The molecule has 16 heavy (non-hydrogen) atoms. The van der Waals surface area contributed by atoms with Crippen LogP contribution >= 0.6 is 0 Å². The van der Waals surface area contributed by atoms with Crippen molar-refractivity contribution in [2.45, 2.75) is 32.7 Å². The standard InChI is InChI=1S/C11H18N4O/c1-8(2)15(3)10-7-12-6-9-11(16-10)14-5-4-13-9/h4-5,8,10,12H,6-7H2,1-3H3. The summed E-state index contributed by atoms with van der Waals surface area (Å²) in [5.74, 6) is 0.644. The average molecular weight is 222 g/mol. The van der Waals surface area contributed by atoms with Crippen LogP contribution in [0.3, 0.4) is 0 Å². The third-order valence-corrected chi connectivity index (χ3v) is 2.86. The summed E-state index contributed by atoms with van der Waals surface area (Å²) in [6.45, 7) is 5.79. The Balaban J connectivity index is 2.16.